The third-order valence-electron chi connectivity index (χ3n) is 3.50. The number of carbonyl (C=O) groups is 1. The van der Waals surface area contributed by atoms with Crippen LogP contribution in [0.2, 0.25) is 0 Å². The second kappa shape index (κ2) is 6.74. The second-order valence-corrected chi connectivity index (χ2v) is 5.11. The van der Waals surface area contributed by atoms with E-state index in [4.69, 9.17) is 9.47 Å². The number of nitrogens with one attached hydrogen (secondary N) is 1. The van der Waals surface area contributed by atoms with E-state index >= 15 is 0 Å². The Morgan fingerprint density at radius 3 is 2.71 bits per heavy atom. The molecular formula is C17H15F2NO4. The molecule has 0 atom stereocenters. The number of benzene rings is 2. The fourth-order valence-corrected chi connectivity index (χ4v) is 2.43. The zero-order chi connectivity index (χ0) is 17.1. The number of halogens is 2. The summed E-state index contributed by atoms with van der Waals surface area (Å²) in [5.74, 6) is 0.222. The van der Waals surface area contributed by atoms with Gasteiger partial charge >= 0.3 is 6.61 Å². The standard InChI is InChI=1S/C17H15F2NO4/c1-10-4-2-6-12(24-17(18)19)14(10)20-16(21)11-5-3-7-13-15(11)23-9-8-22-13/h2-7,17H,8-9H2,1H3,(H,20,21). The second-order valence-electron chi connectivity index (χ2n) is 5.11. The number of rotatable bonds is 4. The maximum absolute atomic E-state index is 12.6. The molecule has 5 nitrogen and oxygen atoms in total. The molecule has 0 fully saturated rings. The van der Waals surface area contributed by atoms with Crippen LogP contribution in [0.15, 0.2) is 36.4 Å². The van der Waals surface area contributed by atoms with Gasteiger partial charge in [-0.25, -0.2) is 0 Å². The minimum Gasteiger partial charge on any atom is -0.486 e. The Labute approximate surface area is 137 Å². The summed E-state index contributed by atoms with van der Waals surface area (Å²) in [6.07, 6.45) is 0. The zero-order valence-electron chi connectivity index (χ0n) is 12.8. The number of ether oxygens (including phenoxy) is 3. The third kappa shape index (κ3) is 3.24. The van der Waals surface area contributed by atoms with Gasteiger partial charge in [0.05, 0.1) is 11.3 Å². The van der Waals surface area contributed by atoms with E-state index in [1.54, 1.807) is 37.3 Å². The number of fused-ring (bicyclic) bond motifs is 1. The number of anilines is 1. The molecule has 0 aromatic heterocycles. The van der Waals surface area contributed by atoms with Crippen LogP contribution in [0.1, 0.15) is 15.9 Å². The lowest BCUT2D eigenvalue weighted by atomic mass is 10.1. The number of hydrogen-bond donors (Lipinski definition) is 1. The summed E-state index contributed by atoms with van der Waals surface area (Å²) >= 11 is 0. The Kier molecular flexibility index (Phi) is 4.50. The molecule has 0 unspecified atom stereocenters. The lowest BCUT2D eigenvalue weighted by Crippen LogP contribution is -2.20. The van der Waals surface area contributed by atoms with Crippen LogP contribution in [-0.2, 0) is 0 Å². The van der Waals surface area contributed by atoms with Gasteiger partial charge in [-0.1, -0.05) is 18.2 Å². The van der Waals surface area contributed by atoms with Gasteiger partial charge in [-0.3, -0.25) is 4.79 Å². The number of aryl methyl sites for hydroxylation is 1. The average Bonchev–Trinajstić information content (AvgIpc) is 2.57. The number of para-hydroxylation sites is 2. The monoisotopic (exact) mass is 335 g/mol. The van der Waals surface area contributed by atoms with Crippen molar-refractivity contribution >= 4 is 11.6 Å². The van der Waals surface area contributed by atoms with E-state index in [1.165, 1.54) is 6.07 Å². The van der Waals surface area contributed by atoms with Crippen molar-refractivity contribution in [1.29, 1.82) is 0 Å². The lowest BCUT2D eigenvalue weighted by molar-refractivity contribution is -0.0493. The van der Waals surface area contributed by atoms with Crippen molar-refractivity contribution in [1.82, 2.24) is 0 Å². The van der Waals surface area contributed by atoms with Gasteiger partial charge in [0.15, 0.2) is 11.5 Å². The van der Waals surface area contributed by atoms with Gasteiger partial charge in [-0.15, -0.1) is 0 Å². The number of carbonyl (C=O) groups excluding carboxylic acids is 1. The van der Waals surface area contributed by atoms with E-state index in [9.17, 15) is 13.6 Å². The summed E-state index contributed by atoms with van der Waals surface area (Å²) < 4.78 is 40.5. The van der Waals surface area contributed by atoms with Gasteiger partial charge in [0.1, 0.15) is 19.0 Å². The maximum Gasteiger partial charge on any atom is 0.387 e. The molecule has 1 heterocycles. The molecule has 3 rings (SSSR count). The molecule has 1 amide bonds. The first kappa shape index (κ1) is 16.0. The number of alkyl halides is 2. The smallest absolute Gasteiger partial charge is 0.387 e. The Morgan fingerprint density at radius 1 is 1.17 bits per heavy atom. The van der Waals surface area contributed by atoms with Crippen molar-refractivity contribution in [2.24, 2.45) is 0 Å². The number of hydrogen-bond acceptors (Lipinski definition) is 4. The van der Waals surface area contributed by atoms with E-state index in [0.717, 1.165) is 0 Å². The molecule has 2 aromatic carbocycles. The van der Waals surface area contributed by atoms with Crippen molar-refractivity contribution in [3.05, 3.63) is 47.5 Å². The van der Waals surface area contributed by atoms with Crippen molar-refractivity contribution in [2.45, 2.75) is 13.5 Å². The van der Waals surface area contributed by atoms with E-state index < -0.39 is 12.5 Å². The first-order valence-electron chi connectivity index (χ1n) is 7.30. The molecule has 7 heteroatoms. The summed E-state index contributed by atoms with van der Waals surface area (Å²) in [6.45, 7) is -0.554. The van der Waals surface area contributed by atoms with Crippen molar-refractivity contribution in [2.75, 3.05) is 18.5 Å². The fourth-order valence-electron chi connectivity index (χ4n) is 2.43. The van der Waals surface area contributed by atoms with E-state index in [0.29, 0.717) is 30.3 Å². The van der Waals surface area contributed by atoms with Gasteiger partial charge < -0.3 is 19.5 Å². The normalized spacial score (nSPS) is 12.8. The summed E-state index contributed by atoms with van der Waals surface area (Å²) in [5, 5.41) is 2.62. The van der Waals surface area contributed by atoms with Crippen LogP contribution in [0.3, 0.4) is 0 Å². The molecule has 2 aromatic rings. The molecule has 1 aliphatic rings. The lowest BCUT2D eigenvalue weighted by Gasteiger charge is -2.21. The molecule has 1 aliphatic heterocycles. The Hall–Kier alpha value is -2.83. The summed E-state index contributed by atoms with van der Waals surface area (Å²) in [5.41, 5.74) is 1.05. The molecule has 1 N–H and O–H groups in total. The predicted octanol–water partition coefficient (Wildman–Crippen LogP) is 3.62. The highest BCUT2D eigenvalue weighted by Crippen LogP contribution is 2.35. The molecule has 24 heavy (non-hydrogen) atoms. The predicted molar refractivity (Wildman–Crippen MR) is 83.2 cm³/mol. The molecule has 0 radical (unpaired) electrons. The average molecular weight is 335 g/mol. The van der Waals surface area contributed by atoms with Crippen LogP contribution in [0, 0.1) is 6.92 Å². The van der Waals surface area contributed by atoms with Crippen LogP contribution in [-0.4, -0.2) is 25.7 Å². The number of amides is 1. The summed E-state index contributed by atoms with van der Waals surface area (Å²) in [4.78, 5) is 12.6. The Bertz CT molecular complexity index is 764. The van der Waals surface area contributed by atoms with Gasteiger partial charge in [-0.2, -0.15) is 8.78 Å². The van der Waals surface area contributed by atoms with E-state index in [1.807, 2.05) is 0 Å². The molecule has 0 saturated carbocycles. The van der Waals surface area contributed by atoms with Crippen LogP contribution < -0.4 is 19.5 Å². The Balaban J connectivity index is 1.91. The van der Waals surface area contributed by atoms with Gasteiger partial charge in [-0.05, 0) is 30.7 Å². The highest BCUT2D eigenvalue weighted by Gasteiger charge is 2.22. The van der Waals surface area contributed by atoms with Crippen molar-refractivity contribution in [3.8, 4) is 17.2 Å². The molecule has 0 bridgehead atoms. The molecule has 126 valence electrons. The van der Waals surface area contributed by atoms with Crippen LogP contribution >= 0.6 is 0 Å². The van der Waals surface area contributed by atoms with Crippen molar-refractivity contribution < 1.29 is 27.8 Å². The van der Waals surface area contributed by atoms with Gasteiger partial charge in [0.25, 0.3) is 5.91 Å². The molecule has 0 saturated heterocycles. The minimum atomic E-state index is -2.98. The van der Waals surface area contributed by atoms with Gasteiger partial charge in [0.2, 0.25) is 0 Å². The molecule has 0 spiro atoms. The van der Waals surface area contributed by atoms with Crippen LogP contribution in [0.4, 0.5) is 14.5 Å². The summed E-state index contributed by atoms with van der Waals surface area (Å²) in [6, 6.07) is 9.57. The minimum absolute atomic E-state index is 0.0969. The topological polar surface area (TPSA) is 56.8 Å². The first-order chi connectivity index (χ1) is 11.6. The van der Waals surface area contributed by atoms with Crippen molar-refractivity contribution in [3.63, 3.8) is 0 Å². The zero-order valence-corrected chi connectivity index (χ0v) is 12.8. The Morgan fingerprint density at radius 2 is 1.92 bits per heavy atom. The molecule has 0 aliphatic carbocycles. The molecular weight excluding hydrogens is 320 g/mol. The third-order valence-corrected chi connectivity index (χ3v) is 3.50. The maximum atomic E-state index is 12.6. The fraction of sp³-hybridized carbons (Fsp3) is 0.235. The van der Waals surface area contributed by atoms with E-state index in [2.05, 4.69) is 10.1 Å². The quantitative estimate of drug-likeness (QED) is 0.927. The first-order valence-corrected chi connectivity index (χ1v) is 7.30. The summed E-state index contributed by atoms with van der Waals surface area (Å²) in [7, 11) is 0. The highest BCUT2D eigenvalue weighted by molar-refractivity contribution is 6.07. The van der Waals surface area contributed by atoms with Gasteiger partial charge in [0, 0.05) is 0 Å². The van der Waals surface area contributed by atoms with Crippen LogP contribution in [0.5, 0.6) is 17.2 Å². The largest absolute Gasteiger partial charge is 0.486 e. The van der Waals surface area contributed by atoms with Crippen LogP contribution in [0.25, 0.3) is 0 Å². The highest BCUT2D eigenvalue weighted by atomic mass is 19.3. The SMILES string of the molecule is Cc1cccc(OC(F)F)c1NC(=O)c1cccc2c1OCCO2. The van der Waals surface area contributed by atoms with E-state index in [-0.39, 0.29) is 17.0 Å².